The second-order valence-electron chi connectivity index (χ2n) is 2.87. The minimum Gasteiger partial charge on any atom is -0.453 e. The molecule has 0 aliphatic rings. The molecule has 0 atom stereocenters. The van der Waals surface area contributed by atoms with Gasteiger partial charge in [-0.2, -0.15) is 0 Å². The van der Waals surface area contributed by atoms with E-state index in [2.05, 4.69) is 10.1 Å². The number of methoxy groups -OCH3 is 1. The van der Waals surface area contributed by atoms with Crippen LogP contribution in [0.5, 0.6) is 0 Å². The van der Waals surface area contributed by atoms with Gasteiger partial charge in [-0.25, -0.2) is 4.79 Å². The van der Waals surface area contributed by atoms with E-state index in [0.29, 0.717) is 5.56 Å². The van der Waals surface area contributed by atoms with Crippen molar-refractivity contribution in [3.63, 3.8) is 0 Å². The summed E-state index contributed by atoms with van der Waals surface area (Å²) in [6, 6.07) is 3.76. The average Bonchev–Trinajstić information content (AvgIpc) is 2.28. The number of hydrogen-bond donors (Lipinski definition) is 2. The molecule has 0 aromatic heterocycles. The Morgan fingerprint density at radius 1 is 1.62 bits per heavy atom. The number of nitrogens with one attached hydrogen (secondary N) is 1. The quantitative estimate of drug-likeness (QED) is 0.596. The number of rotatable bonds is 3. The number of hydrogen-bond acceptors (Lipinski definition) is 5. The lowest BCUT2D eigenvalue weighted by Gasteiger charge is -2.07. The van der Waals surface area contributed by atoms with Crippen molar-refractivity contribution < 1.29 is 19.6 Å². The van der Waals surface area contributed by atoms with Gasteiger partial charge in [-0.15, -0.1) is 0 Å². The Kier molecular flexibility index (Phi) is 3.78. The van der Waals surface area contributed by atoms with E-state index in [0.717, 1.165) is 6.07 Å². The number of nitro benzene ring substituents is 1. The van der Waals surface area contributed by atoms with Crippen LogP contribution in [0.2, 0.25) is 0 Å². The summed E-state index contributed by atoms with van der Waals surface area (Å²) in [7, 11) is 1.17. The summed E-state index contributed by atoms with van der Waals surface area (Å²) in [4.78, 5) is 20.9. The van der Waals surface area contributed by atoms with Crippen LogP contribution < -0.4 is 5.32 Å². The highest BCUT2D eigenvalue weighted by molar-refractivity contribution is 5.86. The van der Waals surface area contributed by atoms with Crippen LogP contribution in [-0.4, -0.2) is 23.2 Å². The number of non-ortho nitro benzene ring substituents is 1. The molecule has 0 unspecified atom stereocenters. The maximum absolute atomic E-state index is 10.9. The standard InChI is InChI=1S/C9H10N2O5/c1-16-9(13)10-8-4-7(11(14)15)3-2-6(8)5-12/h2-4,12H,5H2,1H3,(H,10,13). The van der Waals surface area contributed by atoms with E-state index < -0.39 is 11.0 Å². The zero-order chi connectivity index (χ0) is 12.1. The third kappa shape index (κ3) is 2.67. The summed E-state index contributed by atoms with van der Waals surface area (Å²) in [5, 5.41) is 21.8. The van der Waals surface area contributed by atoms with Crippen molar-refractivity contribution in [2.24, 2.45) is 0 Å². The Morgan fingerprint density at radius 3 is 2.81 bits per heavy atom. The molecule has 7 heteroatoms. The monoisotopic (exact) mass is 226 g/mol. The summed E-state index contributed by atoms with van der Waals surface area (Å²) in [6.45, 7) is -0.336. The van der Waals surface area contributed by atoms with Crippen LogP contribution in [0.1, 0.15) is 5.56 Å². The first kappa shape index (κ1) is 11.9. The van der Waals surface area contributed by atoms with E-state index in [1.807, 2.05) is 0 Å². The van der Waals surface area contributed by atoms with Crippen molar-refractivity contribution >= 4 is 17.5 Å². The molecule has 0 heterocycles. The second-order valence-corrected chi connectivity index (χ2v) is 2.87. The molecule has 7 nitrogen and oxygen atoms in total. The number of ether oxygens (including phenoxy) is 1. The summed E-state index contributed by atoms with van der Waals surface area (Å²) in [5.74, 6) is 0. The predicted molar refractivity (Wildman–Crippen MR) is 55.0 cm³/mol. The molecular weight excluding hydrogens is 216 g/mol. The van der Waals surface area contributed by atoms with Gasteiger partial charge in [0.1, 0.15) is 0 Å². The molecule has 1 aromatic rings. The largest absolute Gasteiger partial charge is 0.453 e. The molecule has 2 N–H and O–H groups in total. The molecule has 1 aromatic carbocycles. The summed E-state index contributed by atoms with van der Waals surface area (Å²) in [6.07, 6.45) is -0.754. The highest BCUT2D eigenvalue weighted by Crippen LogP contribution is 2.22. The van der Waals surface area contributed by atoms with Crippen LogP contribution in [0, 0.1) is 10.1 Å². The Hall–Kier alpha value is -2.15. The Morgan fingerprint density at radius 2 is 2.31 bits per heavy atom. The van der Waals surface area contributed by atoms with Gasteiger partial charge in [-0.05, 0) is 6.07 Å². The average molecular weight is 226 g/mol. The molecule has 16 heavy (non-hydrogen) atoms. The normalized spacial score (nSPS) is 9.62. The van der Waals surface area contributed by atoms with Gasteiger partial charge in [0.05, 0.1) is 24.3 Å². The van der Waals surface area contributed by atoms with Gasteiger partial charge >= 0.3 is 6.09 Å². The predicted octanol–water partition coefficient (Wildman–Crippen LogP) is 1.27. The van der Waals surface area contributed by atoms with Crippen LogP contribution in [-0.2, 0) is 11.3 Å². The first-order valence-electron chi connectivity index (χ1n) is 4.31. The topological polar surface area (TPSA) is 102 Å². The van der Waals surface area contributed by atoms with Crippen LogP contribution in [0.15, 0.2) is 18.2 Å². The molecule has 86 valence electrons. The number of nitrogens with zero attached hydrogens (tertiary/aromatic N) is 1. The third-order valence-corrected chi connectivity index (χ3v) is 1.90. The zero-order valence-corrected chi connectivity index (χ0v) is 8.47. The Bertz CT molecular complexity index is 418. The lowest BCUT2D eigenvalue weighted by Crippen LogP contribution is -2.12. The fraction of sp³-hybridized carbons (Fsp3) is 0.222. The molecule has 0 fully saturated rings. The number of carbonyl (C=O) groups excluding carboxylic acids is 1. The fourth-order valence-electron chi connectivity index (χ4n) is 1.09. The number of benzene rings is 1. The van der Waals surface area contributed by atoms with Crippen molar-refractivity contribution in [3.05, 3.63) is 33.9 Å². The number of nitro groups is 1. The first-order chi connectivity index (χ1) is 7.58. The highest BCUT2D eigenvalue weighted by Gasteiger charge is 2.12. The van der Waals surface area contributed by atoms with Crippen molar-refractivity contribution in [2.45, 2.75) is 6.61 Å². The number of carbonyl (C=O) groups is 1. The SMILES string of the molecule is COC(=O)Nc1cc([N+](=O)[O-])ccc1CO. The molecule has 0 bridgehead atoms. The molecular formula is C9H10N2O5. The van der Waals surface area contributed by atoms with Gasteiger partial charge in [-0.3, -0.25) is 15.4 Å². The first-order valence-corrected chi connectivity index (χ1v) is 4.31. The van der Waals surface area contributed by atoms with Gasteiger partial charge in [0, 0.05) is 17.7 Å². The highest BCUT2D eigenvalue weighted by atomic mass is 16.6. The lowest BCUT2D eigenvalue weighted by molar-refractivity contribution is -0.384. The van der Waals surface area contributed by atoms with Gasteiger partial charge in [0.25, 0.3) is 5.69 Å². The van der Waals surface area contributed by atoms with E-state index >= 15 is 0 Å². The smallest absolute Gasteiger partial charge is 0.411 e. The van der Waals surface area contributed by atoms with Gasteiger partial charge < -0.3 is 9.84 Å². The third-order valence-electron chi connectivity index (χ3n) is 1.90. The zero-order valence-electron chi connectivity index (χ0n) is 8.47. The number of amides is 1. The maximum Gasteiger partial charge on any atom is 0.411 e. The van der Waals surface area contributed by atoms with Gasteiger partial charge in [0.2, 0.25) is 0 Å². The minimum atomic E-state index is -0.754. The van der Waals surface area contributed by atoms with Crippen molar-refractivity contribution in [2.75, 3.05) is 12.4 Å². The Balaban J connectivity index is 3.06. The molecule has 0 saturated carbocycles. The fourth-order valence-corrected chi connectivity index (χ4v) is 1.09. The van der Waals surface area contributed by atoms with Crippen LogP contribution >= 0.6 is 0 Å². The summed E-state index contributed by atoms with van der Waals surface area (Å²) < 4.78 is 4.35. The van der Waals surface area contributed by atoms with Crippen molar-refractivity contribution in [1.29, 1.82) is 0 Å². The molecule has 0 radical (unpaired) electrons. The summed E-state index contributed by atoms with van der Waals surface area (Å²) >= 11 is 0. The van der Waals surface area contributed by atoms with E-state index in [4.69, 9.17) is 5.11 Å². The van der Waals surface area contributed by atoms with Gasteiger partial charge in [0.15, 0.2) is 0 Å². The van der Waals surface area contributed by atoms with E-state index in [9.17, 15) is 14.9 Å². The Labute approximate surface area is 90.8 Å². The van der Waals surface area contributed by atoms with Crippen molar-refractivity contribution in [1.82, 2.24) is 0 Å². The van der Waals surface area contributed by atoms with E-state index in [-0.39, 0.29) is 18.0 Å². The molecule has 1 rings (SSSR count). The van der Waals surface area contributed by atoms with Crippen LogP contribution in [0.3, 0.4) is 0 Å². The second kappa shape index (κ2) is 5.08. The minimum absolute atomic E-state index is 0.156. The maximum atomic E-state index is 10.9. The van der Waals surface area contributed by atoms with E-state index in [1.54, 1.807) is 0 Å². The molecule has 0 spiro atoms. The molecule has 1 amide bonds. The molecule has 0 aliphatic carbocycles. The number of anilines is 1. The van der Waals surface area contributed by atoms with Crippen LogP contribution in [0.25, 0.3) is 0 Å². The number of aliphatic hydroxyl groups is 1. The molecule has 0 saturated heterocycles. The number of aliphatic hydroxyl groups excluding tert-OH is 1. The summed E-state index contributed by atoms with van der Waals surface area (Å²) in [5.41, 5.74) is 0.350. The molecule has 0 aliphatic heterocycles. The van der Waals surface area contributed by atoms with Crippen LogP contribution in [0.4, 0.5) is 16.2 Å². The van der Waals surface area contributed by atoms with E-state index in [1.165, 1.54) is 19.2 Å². The lowest BCUT2D eigenvalue weighted by atomic mass is 10.1. The van der Waals surface area contributed by atoms with Crippen molar-refractivity contribution in [3.8, 4) is 0 Å². The van der Waals surface area contributed by atoms with Gasteiger partial charge in [-0.1, -0.05) is 0 Å².